The molecule has 0 heterocycles. The minimum absolute atomic E-state index is 0.0839. The zero-order chi connectivity index (χ0) is 17.7. The van der Waals surface area contributed by atoms with E-state index >= 15 is 0 Å². The standard InChI is InChI=1S/C18H30O5/c1-5-8-10-15(6-2)13-22-18(21)14(4)16(7-3)23-17(20)11-9-12-19/h7,15,19H,3,5-6,8-13H2,1-2,4H3. The number of aliphatic hydroxyl groups is 1. The lowest BCUT2D eigenvalue weighted by Crippen LogP contribution is -2.16. The average molecular weight is 326 g/mol. The van der Waals surface area contributed by atoms with Crippen LogP contribution in [-0.4, -0.2) is 30.3 Å². The Morgan fingerprint density at radius 1 is 1.26 bits per heavy atom. The highest BCUT2D eigenvalue weighted by Crippen LogP contribution is 2.15. The van der Waals surface area contributed by atoms with Crippen molar-refractivity contribution < 1.29 is 24.2 Å². The summed E-state index contributed by atoms with van der Waals surface area (Å²) in [5.74, 6) is -0.536. The topological polar surface area (TPSA) is 72.8 Å². The van der Waals surface area contributed by atoms with Gasteiger partial charge >= 0.3 is 11.9 Å². The normalized spacial score (nSPS) is 13.0. The van der Waals surface area contributed by atoms with Gasteiger partial charge in [0.1, 0.15) is 5.76 Å². The molecule has 5 heteroatoms. The number of esters is 2. The van der Waals surface area contributed by atoms with Crippen LogP contribution in [0.2, 0.25) is 0 Å². The van der Waals surface area contributed by atoms with Crippen molar-refractivity contribution >= 4 is 11.9 Å². The summed E-state index contributed by atoms with van der Waals surface area (Å²) >= 11 is 0. The highest BCUT2D eigenvalue weighted by Gasteiger charge is 2.16. The number of unbranched alkanes of at least 4 members (excludes halogenated alkanes) is 1. The van der Waals surface area contributed by atoms with Crippen LogP contribution in [0.3, 0.4) is 0 Å². The zero-order valence-corrected chi connectivity index (χ0v) is 14.6. The Hall–Kier alpha value is -1.62. The molecule has 0 saturated carbocycles. The molecule has 1 unspecified atom stereocenters. The van der Waals surface area contributed by atoms with Crippen molar-refractivity contribution in [2.45, 2.75) is 59.3 Å². The molecule has 0 rings (SSSR count). The molecule has 0 fully saturated rings. The van der Waals surface area contributed by atoms with E-state index in [1.54, 1.807) is 6.92 Å². The quantitative estimate of drug-likeness (QED) is 0.257. The Morgan fingerprint density at radius 3 is 2.48 bits per heavy atom. The lowest BCUT2D eigenvalue weighted by molar-refractivity contribution is -0.141. The molecule has 0 aromatic heterocycles. The smallest absolute Gasteiger partial charge is 0.337 e. The maximum Gasteiger partial charge on any atom is 0.337 e. The number of ether oxygens (including phenoxy) is 2. The fourth-order valence-electron chi connectivity index (χ4n) is 1.97. The van der Waals surface area contributed by atoms with Gasteiger partial charge in [-0.3, -0.25) is 4.79 Å². The predicted octanol–water partition coefficient (Wildman–Crippen LogP) is 3.52. The number of hydrogen-bond acceptors (Lipinski definition) is 5. The average Bonchev–Trinajstić information content (AvgIpc) is 2.57. The summed E-state index contributed by atoms with van der Waals surface area (Å²) in [7, 11) is 0. The van der Waals surface area contributed by atoms with E-state index in [0.717, 1.165) is 25.7 Å². The fourth-order valence-corrected chi connectivity index (χ4v) is 1.97. The molecule has 23 heavy (non-hydrogen) atoms. The van der Waals surface area contributed by atoms with Gasteiger partial charge in [-0.25, -0.2) is 4.79 Å². The largest absolute Gasteiger partial charge is 0.462 e. The van der Waals surface area contributed by atoms with E-state index in [1.807, 2.05) is 0 Å². The third-order valence-corrected chi connectivity index (χ3v) is 3.62. The molecule has 0 amide bonds. The summed E-state index contributed by atoms with van der Waals surface area (Å²) in [5, 5.41) is 8.70. The Bertz CT molecular complexity index is 412. The van der Waals surface area contributed by atoms with Crippen LogP contribution >= 0.6 is 0 Å². The van der Waals surface area contributed by atoms with Crippen molar-refractivity contribution in [2.24, 2.45) is 5.92 Å². The first-order valence-electron chi connectivity index (χ1n) is 8.31. The van der Waals surface area contributed by atoms with Crippen molar-refractivity contribution in [3.8, 4) is 0 Å². The van der Waals surface area contributed by atoms with Crippen LogP contribution in [0, 0.1) is 5.92 Å². The van der Waals surface area contributed by atoms with E-state index in [9.17, 15) is 9.59 Å². The monoisotopic (exact) mass is 326 g/mol. The van der Waals surface area contributed by atoms with Gasteiger partial charge in [0.2, 0.25) is 0 Å². The van der Waals surface area contributed by atoms with Crippen LogP contribution in [0.25, 0.3) is 0 Å². The van der Waals surface area contributed by atoms with Gasteiger partial charge in [0.15, 0.2) is 0 Å². The number of rotatable bonds is 12. The molecule has 1 atom stereocenters. The Balaban J connectivity index is 4.60. The number of hydrogen-bond donors (Lipinski definition) is 1. The second-order valence-corrected chi connectivity index (χ2v) is 5.51. The SMILES string of the molecule is C=CC(OC(=O)CCCO)=C(C)C(=O)OCC(CC)CCCC. The molecule has 0 spiro atoms. The van der Waals surface area contributed by atoms with Crippen molar-refractivity contribution in [2.75, 3.05) is 13.2 Å². The second kappa shape index (κ2) is 12.9. The summed E-state index contributed by atoms with van der Waals surface area (Å²) in [4.78, 5) is 23.6. The third-order valence-electron chi connectivity index (χ3n) is 3.62. The molecule has 0 aromatic carbocycles. The van der Waals surface area contributed by atoms with Gasteiger partial charge in [0.25, 0.3) is 0 Å². The van der Waals surface area contributed by atoms with Crippen LogP contribution in [0.1, 0.15) is 59.3 Å². The Morgan fingerprint density at radius 2 is 1.96 bits per heavy atom. The molecule has 0 aliphatic carbocycles. The first-order chi connectivity index (χ1) is 11.0. The second-order valence-electron chi connectivity index (χ2n) is 5.51. The number of allylic oxidation sites excluding steroid dienone is 1. The fraction of sp³-hybridized carbons (Fsp3) is 0.667. The number of aliphatic hydroxyl groups excluding tert-OH is 1. The molecule has 0 radical (unpaired) electrons. The summed E-state index contributed by atoms with van der Waals surface area (Å²) < 4.78 is 10.4. The Labute approximate surface area is 139 Å². The minimum Gasteiger partial charge on any atom is -0.462 e. The molecule has 5 nitrogen and oxygen atoms in total. The van der Waals surface area contributed by atoms with Crippen molar-refractivity contribution in [3.63, 3.8) is 0 Å². The van der Waals surface area contributed by atoms with Crippen LogP contribution in [0.15, 0.2) is 24.0 Å². The van der Waals surface area contributed by atoms with Crippen LogP contribution in [-0.2, 0) is 19.1 Å². The van der Waals surface area contributed by atoms with E-state index in [2.05, 4.69) is 20.4 Å². The third kappa shape index (κ3) is 9.18. The number of carbonyl (C=O) groups is 2. The lowest BCUT2D eigenvalue weighted by Gasteiger charge is -2.15. The van der Waals surface area contributed by atoms with Crippen LogP contribution in [0.4, 0.5) is 0 Å². The van der Waals surface area contributed by atoms with Crippen molar-refractivity contribution in [1.29, 1.82) is 0 Å². The maximum absolute atomic E-state index is 12.1. The van der Waals surface area contributed by atoms with Crippen molar-refractivity contribution in [3.05, 3.63) is 24.0 Å². The Kier molecular flexibility index (Phi) is 12.0. The molecule has 0 saturated heterocycles. The molecular formula is C18H30O5. The summed E-state index contributed by atoms with van der Waals surface area (Å²) in [5.41, 5.74) is 0.225. The van der Waals surface area contributed by atoms with Gasteiger partial charge in [-0.1, -0.05) is 39.7 Å². The molecular weight excluding hydrogens is 296 g/mol. The highest BCUT2D eigenvalue weighted by molar-refractivity contribution is 5.89. The van der Waals surface area contributed by atoms with Gasteiger partial charge in [0.05, 0.1) is 12.2 Å². The van der Waals surface area contributed by atoms with Gasteiger partial charge in [-0.05, 0) is 31.8 Å². The minimum atomic E-state index is -0.504. The molecule has 0 aliphatic rings. The van der Waals surface area contributed by atoms with Crippen molar-refractivity contribution in [1.82, 2.24) is 0 Å². The van der Waals surface area contributed by atoms with E-state index < -0.39 is 11.9 Å². The van der Waals surface area contributed by atoms with E-state index in [4.69, 9.17) is 14.6 Å². The highest BCUT2D eigenvalue weighted by atomic mass is 16.5. The van der Waals surface area contributed by atoms with E-state index in [-0.39, 0.29) is 24.4 Å². The van der Waals surface area contributed by atoms with Crippen LogP contribution in [0.5, 0.6) is 0 Å². The van der Waals surface area contributed by atoms with E-state index in [1.165, 1.54) is 6.08 Å². The zero-order valence-electron chi connectivity index (χ0n) is 14.6. The summed E-state index contributed by atoms with van der Waals surface area (Å²) in [6, 6.07) is 0. The molecule has 0 bridgehead atoms. The van der Waals surface area contributed by atoms with E-state index in [0.29, 0.717) is 18.9 Å². The first-order valence-corrected chi connectivity index (χ1v) is 8.31. The van der Waals surface area contributed by atoms with Gasteiger partial charge < -0.3 is 14.6 Å². The first kappa shape index (κ1) is 21.4. The van der Waals surface area contributed by atoms with Gasteiger partial charge in [-0.2, -0.15) is 0 Å². The maximum atomic E-state index is 12.1. The molecule has 0 aromatic rings. The molecule has 0 aliphatic heterocycles. The molecule has 1 N–H and O–H groups in total. The molecule has 132 valence electrons. The van der Waals surface area contributed by atoms with Gasteiger partial charge in [0, 0.05) is 13.0 Å². The predicted molar refractivity (Wildman–Crippen MR) is 89.6 cm³/mol. The van der Waals surface area contributed by atoms with Gasteiger partial charge in [-0.15, -0.1) is 0 Å². The number of carbonyl (C=O) groups excluding carboxylic acids is 2. The van der Waals surface area contributed by atoms with Crippen LogP contribution < -0.4 is 0 Å². The lowest BCUT2D eigenvalue weighted by atomic mass is 10.0. The summed E-state index contributed by atoms with van der Waals surface area (Å²) in [6.45, 7) is 9.60. The summed E-state index contributed by atoms with van der Waals surface area (Å²) in [6.07, 6.45) is 5.96.